The Hall–Kier alpha value is -2.39. The van der Waals surface area contributed by atoms with Crippen molar-refractivity contribution in [3.8, 4) is 5.75 Å². The van der Waals surface area contributed by atoms with E-state index in [1.165, 1.54) is 0 Å². The predicted molar refractivity (Wildman–Crippen MR) is 140 cm³/mol. The van der Waals surface area contributed by atoms with Crippen LogP contribution in [0.15, 0.2) is 62.7 Å². The van der Waals surface area contributed by atoms with E-state index in [-0.39, 0.29) is 36.7 Å². The number of hydrogen-bond acceptors (Lipinski definition) is 5. The molecule has 9 heteroatoms. The maximum atomic E-state index is 13.0. The van der Waals surface area contributed by atoms with Gasteiger partial charge in [0.25, 0.3) is 0 Å². The molecule has 0 amide bonds. The molecule has 1 atom stereocenters. The first-order chi connectivity index (χ1) is 17.2. The summed E-state index contributed by atoms with van der Waals surface area (Å²) in [5.41, 5.74) is 3.81. The highest BCUT2D eigenvalue weighted by atomic mass is 79.9. The lowest BCUT2D eigenvalue weighted by Crippen LogP contribution is -2.45. The average molecular weight is 563 g/mol. The van der Waals surface area contributed by atoms with Crippen LogP contribution in [0.5, 0.6) is 5.75 Å². The molecule has 5 rings (SSSR count). The van der Waals surface area contributed by atoms with E-state index in [0.29, 0.717) is 18.4 Å². The highest BCUT2D eigenvalue weighted by molar-refractivity contribution is 9.12. The number of rotatable bonds is 3. The topological polar surface area (TPSA) is 60.2 Å². The van der Waals surface area contributed by atoms with Crippen LogP contribution in [0.25, 0.3) is 5.70 Å². The number of allylic oxidation sites excluding steroid dienone is 2. The van der Waals surface area contributed by atoms with E-state index in [0.717, 1.165) is 53.1 Å². The summed E-state index contributed by atoms with van der Waals surface area (Å²) in [7, 11) is 0. The Balaban J connectivity index is 1.31. The van der Waals surface area contributed by atoms with Gasteiger partial charge in [0, 0.05) is 36.5 Å². The van der Waals surface area contributed by atoms with Gasteiger partial charge in [-0.15, -0.1) is 0 Å². The third-order valence-corrected chi connectivity index (χ3v) is 8.40. The first-order valence-corrected chi connectivity index (χ1v) is 13.3. The molecule has 0 bridgehead atoms. The number of phenolic OH excluding ortho intramolecular Hbond substituents is 1. The fraction of sp³-hybridized carbons (Fsp3) is 0.481. The molecule has 3 aliphatic heterocycles. The van der Waals surface area contributed by atoms with E-state index < -0.39 is 12.1 Å². The van der Waals surface area contributed by atoms with Crippen molar-refractivity contribution in [1.82, 2.24) is 10.2 Å². The second-order valence-electron chi connectivity index (χ2n) is 10.00. The number of aliphatic imine (C=N–C) groups is 2. The average Bonchev–Trinajstić information content (AvgIpc) is 3.16. The minimum absolute atomic E-state index is 0.0979. The van der Waals surface area contributed by atoms with Crippen molar-refractivity contribution in [1.29, 1.82) is 0 Å². The predicted octanol–water partition coefficient (Wildman–Crippen LogP) is 5.98. The highest BCUT2D eigenvalue weighted by Gasteiger charge is 2.42. The Morgan fingerprint density at radius 3 is 2.44 bits per heavy atom. The van der Waals surface area contributed by atoms with Crippen LogP contribution >= 0.6 is 15.9 Å². The molecule has 1 unspecified atom stereocenters. The summed E-state index contributed by atoms with van der Waals surface area (Å²) in [5, 5.41) is 13.9. The number of halogens is 4. The second kappa shape index (κ2) is 10.2. The van der Waals surface area contributed by atoms with Gasteiger partial charge in [0.15, 0.2) is 0 Å². The van der Waals surface area contributed by atoms with Crippen molar-refractivity contribution >= 4 is 33.6 Å². The number of para-hydroxylation sites is 1. The molecule has 2 fully saturated rings. The summed E-state index contributed by atoms with van der Waals surface area (Å²) in [4.78, 5) is 12.0. The van der Waals surface area contributed by atoms with Gasteiger partial charge in [0.2, 0.25) is 0 Å². The van der Waals surface area contributed by atoms with Gasteiger partial charge in [0.1, 0.15) is 11.8 Å². The van der Waals surface area contributed by atoms with Crippen LogP contribution in [-0.2, 0) is 0 Å². The van der Waals surface area contributed by atoms with Crippen LogP contribution in [-0.4, -0.2) is 59.3 Å². The molecule has 1 aromatic rings. The number of benzene rings is 1. The summed E-state index contributed by atoms with van der Waals surface area (Å²) >= 11 is 3.57. The van der Waals surface area contributed by atoms with Crippen LogP contribution in [0, 0.1) is 5.92 Å². The van der Waals surface area contributed by atoms with Crippen LogP contribution in [0.4, 0.5) is 13.2 Å². The Bertz CT molecular complexity index is 1140. The van der Waals surface area contributed by atoms with Crippen LogP contribution < -0.4 is 5.32 Å². The first-order valence-electron chi connectivity index (χ1n) is 12.5. The van der Waals surface area contributed by atoms with Gasteiger partial charge in [-0.25, -0.2) is 0 Å². The molecular formula is C27H30BrF3N4O. The second-order valence-corrected chi connectivity index (χ2v) is 10.9. The van der Waals surface area contributed by atoms with Crippen molar-refractivity contribution in [3.05, 3.63) is 58.2 Å². The lowest BCUT2D eigenvalue weighted by molar-refractivity contribution is -0.184. The van der Waals surface area contributed by atoms with Gasteiger partial charge in [0.05, 0.1) is 33.5 Å². The number of nitrogens with one attached hydrogen (secondary N) is 1. The molecular weight excluding hydrogens is 533 g/mol. The number of hydrogen-bond donors (Lipinski definition) is 2. The van der Waals surface area contributed by atoms with Crippen molar-refractivity contribution in [3.63, 3.8) is 0 Å². The highest BCUT2D eigenvalue weighted by Crippen LogP contribution is 2.39. The molecule has 0 spiro atoms. The number of alkyl halides is 3. The van der Waals surface area contributed by atoms with E-state index in [4.69, 9.17) is 4.99 Å². The normalized spacial score (nSPS) is 29.2. The number of aromatic hydroxyl groups is 1. The number of likely N-dealkylation sites (tertiary alicyclic amines) is 1. The van der Waals surface area contributed by atoms with Gasteiger partial charge in [-0.2, -0.15) is 13.2 Å². The zero-order chi connectivity index (χ0) is 25.4. The zero-order valence-electron chi connectivity index (χ0n) is 19.9. The van der Waals surface area contributed by atoms with E-state index in [2.05, 4.69) is 37.7 Å². The van der Waals surface area contributed by atoms with Gasteiger partial charge in [-0.05, 0) is 72.7 Å². The zero-order valence-corrected chi connectivity index (χ0v) is 21.5. The Morgan fingerprint density at radius 1 is 1.08 bits per heavy atom. The molecule has 1 aliphatic carbocycles. The molecule has 36 heavy (non-hydrogen) atoms. The fourth-order valence-corrected chi connectivity index (χ4v) is 6.10. The maximum Gasteiger partial charge on any atom is 0.391 e. The summed E-state index contributed by atoms with van der Waals surface area (Å²) in [6, 6.07) is 7.22. The maximum absolute atomic E-state index is 13.0. The molecule has 1 aromatic carbocycles. The standard InChI is InChI=1S/C27H30BrF3N4O/c1-16-22(14-23(20-4-2-3-5-24(20)36)34-26-21(28)15-32-25(16)26)33-18-10-12-35(13-11-18)19-8-6-17(7-9-19)27(29,30)31/h2-5,14-15,17-19,25,34,36H,1,6-13H2. The van der Waals surface area contributed by atoms with Gasteiger partial charge in [-0.1, -0.05) is 18.7 Å². The summed E-state index contributed by atoms with van der Waals surface area (Å²) < 4.78 is 39.9. The Morgan fingerprint density at radius 2 is 1.78 bits per heavy atom. The number of piperidine rings is 1. The van der Waals surface area contributed by atoms with Gasteiger partial charge < -0.3 is 15.3 Å². The monoisotopic (exact) mass is 562 g/mol. The summed E-state index contributed by atoms with van der Waals surface area (Å²) in [5.74, 6) is -0.973. The van der Waals surface area contributed by atoms with E-state index in [1.807, 2.05) is 18.2 Å². The van der Waals surface area contributed by atoms with Crippen LogP contribution in [0.3, 0.4) is 0 Å². The largest absolute Gasteiger partial charge is 0.507 e. The van der Waals surface area contributed by atoms with E-state index in [9.17, 15) is 18.3 Å². The molecule has 0 radical (unpaired) electrons. The molecule has 192 valence electrons. The third-order valence-electron chi connectivity index (χ3n) is 7.77. The van der Waals surface area contributed by atoms with E-state index >= 15 is 0 Å². The molecule has 1 saturated heterocycles. The summed E-state index contributed by atoms with van der Waals surface area (Å²) in [6.45, 7) is 5.99. The SMILES string of the molecule is C=C1C(=NC2CCN(C3CCC(C(F)(F)F)CC3)CC2)C=C(c2ccccc2O)NC2=C(Br)C=NC12. The van der Waals surface area contributed by atoms with Crippen molar-refractivity contribution in [2.24, 2.45) is 15.9 Å². The quantitative estimate of drug-likeness (QED) is 0.476. The number of fused-ring (bicyclic) bond motifs is 1. The van der Waals surface area contributed by atoms with Crippen LogP contribution in [0.2, 0.25) is 0 Å². The minimum atomic E-state index is -4.07. The van der Waals surface area contributed by atoms with Crippen molar-refractivity contribution < 1.29 is 18.3 Å². The molecule has 2 N–H and O–H groups in total. The number of nitrogens with zero attached hydrogens (tertiary/aromatic N) is 3. The van der Waals surface area contributed by atoms with Gasteiger partial charge >= 0.3 is 6.18 Å². The Labute approximate surface area is 217 Å². The summed E-state index contributed by atoms with van der Waals surface area (Å²) in [6.07, 6.45) is 3.02. The number of phenols is 1. The lowest BCUT2D eigenvalue weighted by atomic mass is 9.84. The molecule has 3 heterocycles. The van der Waals surface area contributed by atoms with E-state index in [1.54, 1.807) is 18.3 Å². The molecule has 5 nitrogen and oxygen atoms in total. The van der Waals surface area contributed by atoms with Crippen molar-refractivity contribution in [2.45, 2.75) is 62.8 Å². The molecule has 1 saturated carbocycles. The molecule has 4 aliphatic rings. The van der Waals surface area contributed by atoms with Crippen LogP contribution in [0.1, 0.15) is 44.1 Å². The smallest absolute Gasteiger partial charge is 0.391 e. The van der Waals surface area contributed by atoms with Crippen molar-refractivity contribution in [2.75, 3.05) is 13.1 Å². The minimum Gasteiger partial charge on any atom is -0.507 e. The molecule has 0 aromatic heterocycles. The fourth-order valence-electron chi connectivity index (χ4n) is 5.67. The first kappa shape index (κ1) is 25.3. The van der Waals surface area contributed by atoms with Gasteiger partial charge in [-0.3, -0.25) is 9.98 Å². The Kier molecular flexibility index (Phi) is 7.14. The lowest BCUT2D eigenvalue weighted by Gasteiger charge is -2.40. The third kappa shape index (κ3) is 5.18.